The number of nitrogens with zero attached hydrogens (tertiary/aromatic N) is 3. The fraction of sp³-hybridized carbons (Fsp3) is 0.412. The molecule has 1 fully saturated rings. The van der Waals surface area contributed by atoms with Crippen molar-refractivity contribution in [3.8, 4) is 0 Å². The summed E-state index contributed by atoms with van der Waals surface area (Å²) in [6.45, 7) is 5.78. The number of amides is 1. The Labute approximate surface area is 145 Å². The van der Waals surface area contributed by atoms with Crippen LogP contribution < -0.4 is 10.2 Å². The second-order valence-electron chi connectivity index (χ2n) is 5.86. The molecule has 1 aromatic carbocycles. The highest BCUT2D eigenvalue weighted by atomic mass is 32.1. The Morgan fingerprint density at radius 1 is 1.29 bits per heavy atom. The number of nitrogens with one attached hydrogen (secondary N) is 1. The molecule has 1 saturated heterocycles. The first-order chi connectivity index (χ1) is 11.6. The minimum atomic E-state index is -0.267. The maximum absolute atomic E-state index is 12.9. The SMILES string of the molecule is CC(C(=O)NCc1ccc(F)cc1)N1CCN(c2nccs2)CC1. The molecule has 0 spiro atoms. The molecular weight excluding hydrogens is 327 g/mol. The average molecular weight is 348 g/mol. The van der Waals surface area contributed by atoms with Crippen molar-refractivity contribution >= 4 is 22.4 Å². The van der Waals surface area contributed by atoms with Crippen molar-refractivity contribution < 1.29 is 9.18 Å². The minimum Gasteiger partial charge on any atom is -0.351 e. The first-order valence-corrected chi connectivity index (χ1v) is 8.92. The summed E-state index contributed by atoms with van der Waals surface area (Å²) in [7, 11) is 0. The Balaban J connectivity index is 1.46. The molecule has 3 rings (SSSR count). The van der Waals surface area contributed by atoms with E-state index in [1.165, 1.54) is 12.1 Å². The summed E-state index contributed by atoms with van der Waals surface area (Å²) in [4.78, 5) is 21.1. The molecule has 0 saturated carbocycles. The quantitative estimate of drug-likeness (QED) is 0.899. The maximum atomic E-state index is 12.9. The number of aromatic nitrogens is 1. The lowest BCUT2D eigenvalue weighted by Gasteiger charge is -2.37. The van der Waals surface area contributed by atoms with E-state index < -0.39 is 0 Å². The van der Waals surface area contributed by atoms with Gasteiger partial charge in [-0.2, -0.15) is 0 Å². The smallest absolute Gasteiger partial charge is 0.237 e. The predicted octanol–water partition coefficient (Wildman–Crippen LogP) is 2.11. The van der Waals surface area contributed by atoms with Crippen molar-refractivity contribution in [3.63, 3.8) is 0 Å². The number of rotatable bonds is 5. The fourth-order valence-corrected chi connectivity index (χ4v) is 3.47. The summed E-state index contributed by atoms with van der Waals surface area (Å²) >= 11 is 1.64. The Bertz CT molecular complexity index is 654. The molecule has 1 amide bonds. The summed E-state index contributed by atoms with van der Waals surface area (Å²) < 4.78 is 12.9. The zero-order valence-corrected chi connectivity index (χ0v) is 14.4. The van der Waals surface area contributed by atoms with Crippen LogP contribution in [0.2, 0.25) is 0 Å². The predicted molar refractivity (Wildman–Crippen MR) is 93.6 cm³/mol. The highest BCUT2D eigenvalue weighted by Gasteiger charge is 2.26. The molecule has 0 radical (unpaired) electrons. The molecule has 2 aromatic rings. The summed E-state index contributed by atoms with van der Waals surface area (Å²) in [5.41, 5.74) is 0.894. The first-order valence-electron chi connectivity index (χ1n) is 8.04. The minimum absolute atomic E-state index is 0.00187. The first kappa shape index (κ1) is 16.9. The molecule has 1 aromatic heterocycles. The number of thiazole rings is 1. The van der Waals surface area contributed by atoms with Crippen LogP contribution in [0.15, 0.2) is 35.8 Å². The van der Waals surface area contributed by atoms with E-state index in [2.05, 4.69) is 20.1 Å². The molecule has 1 N–H and O–H groups in total. The Morgan fingerprint density at radius 2 is 2.00 bits per heavy atom. The van der Waals surface area contributed by atoms with Crippen LogP contribution in [-0.2, 0) is 11.3 Å². The van der Waals surface area contributed by atoms with E-state index in [4.69, 9.17) is 0 Å². The van der Waals surface area contributed by atoms with Gasteiger partial charge in [0.05, 0.1) is 6.04 Å². The van der Waals surface area contributed by atoms with Gasteiger partial charge in [-0.1, -0.05) is 12.1 Å². The molecular formula is C17H21FN4OS. The zero-order chi connectivity index (χ0) is 16.9. The Hall–Kier alpha value is -1.99. The Morgan fingerprint density at radius 3 is 2.62 bits per heavy atom. The van der Waals surface area contributed by atoms with Gasteiger partial charge in [0.1, 0.15) is 5.82 Å². The van der Waals surface area contributed by atoms with Crippen molar-refractivity contribution in [2.75, 3.05) is 31.1 Å². The van der Waals surface area contributed by atoms with E-state index >= 15 is 0 Å². The van der Waals surface area contributed by atoms with Crippen molar-refractivity contribution in [2.45, 2.75) is 19.5 Å². The van der Waals surface area contributed by atoms with E-state index in [1.807, 2.05) is 18.5 Å². The summed E-state index contributed by atoms with van der Waals surface area (Å²) in [5, 5.41) is 5.95. The van der Waals surface area contributed by atoms with Gasteiger partial charge >= 0.3 is 0 Å². The molecule has 2 heterocycles. The van der Waals surface area contributed by atoms with Gasteiger partial charge in [-0.15, -0.1) is 11.3 Å². The number of hydrogen-bond acceptors (Lipinski definition) is 5. The number of anilines is 1. The van der Waals surface area contributed by atoms with E-state index in [9.17, 15) is 9.18 Å². The van der Waals surface area contributed by atoms with E-state index in [-0.39, 0.29) is 17.8 Å². The third kappa shape index (κ3) is 4.10. The van der Waals surface area contributed by atoms with Gasteiger partial charge in [0, 0.05) is 44.3 Å². The second kappa shape index (κ2) is 7.72. The van der Waals surface area contributed by atoms with E-state index in [1.54, 1.807) is 23.5 Å². The van der Waals surface area contributed by atoms with Crippen LogP contribution in [0.5, 0.6) is 0 Å². The zero-order valence-electron chi connectivity index (χ0n) is 13.6. The van der Waals surface area contributed by atoms with Crippen LogP contribution in [0.1, 0.15) is 12.5 Å². The van der Waals surface area contributed by atoms with Crippen molar-refractivity contribution in [1.29, 1.82) is 0 Å². The van der Waals surface area contributed by atoms with Gasteiger partial charge in [0.2, 0.25) is 5.91 Å². The molecule has 5 nitrogen and oxygen atoms in total. The summed E-state index contributed by atoms with van der Waals surface area (Å²) in [6, 6.07) is 6.01. The van der Waals surface area contributed by atoms with Gasteiger partial charge in [0.15, 0.2) is 5.13 Å². The third-order valence-corrected chi connectivity index (χ3v) is 5.14. The lowest BCUT2D eigenvalue weighted by Crippen LogP contribution is -2.53. The molecule has 0 bridgehead atoms. The second-order valence-corrected chi connectivity index (χ2v) is 6.73. The van der Waals surface area contributed by atoms with Crippen LogP contribution in [0.3, 0.4) is 0 Å². The van der Waals surface area contributed by atoms with E-state index in [0.717, 1.165) is 36.9 Å². The molecule has 24 heavy (non-hydrogen) atoms. The number of benzene rings is 1. The number of halogens is 1. The standard InChI is InChI=1S/C17H21FN4OS/c1-13(16(23)20-12-14-2-4-15(18)5-3-14)21-7-9-22(10-8-21)17-19-6-11-24-17/h2-6,11,13H,7-10,12H2,1H3,(H,20,23). The molecule has 1 aliphatic heterocycles. The lowest BCUT2D eigenvalue weighted by molar-refractivity contribution is -0.126. The topological polar surface area (TPSA) is 48.5 Å². The van der Waals surface area contributed by atoms with Crippen LogP contribution in [0, 0.1) is 5.82 Å². The van der Waals surface area contributed by atoms with E-state index in [0.29, 0.717) is 6.54 Å². The molecule has 1 atom stereocenters. The van der Waals surface area contributed by atoms with Gasteiger partial charge in [0.25, 0.3) is 0 Å². The summed E-state index contributed by atoms with van der Waals surface area (Å²) in [5.74, 6) is -0.265. The van der Waals surface area contributed by atoms with Gasteiger partial charge in [-0.3, -0.25) is 9.69 Å². The van der Waals surface area contributed by atoms with Crippen LogP contribution >= 0.6 is 11.3 Å². The van der Waals surface area contributed by atoms with Crippen LogP contribution in [0.4, 0.5) is 9.52 Å². The molecule has 0 aliphatic carbocycles. The molecule has 7 heteroatoms. The van der Waals surface area contributed by atoms with Gasteiger partial charge < -0.3 is 10.2 Å². The average Bonchev–Trinajstić information content (AvgIpc) is 3.15. The van der Waals surface area contributed by atoms with Crippen molar-refractivity contribution in [2.24, 2.45) is 0 Å². The number of piperazine rings is 1. The third-order valence-electron chi connectivity index (χ3n) is 4.31. The number of carbonyl (C=O) groups excluding carboxylic acids is 1. The Kier molecular flexibility index (Phi) is 5.42. The molecule has 1 unspecified atom stereocenters. The highest BCUT2D eigenvalue weighted by Crippen LogP contribution is 2.19. The van der Waals surface area contributed by atoms with Gasteiger partial charge in [-0.05, 0) is 24.6 Å². The monoisotopic (exact) mass is 348 g/mol. The van der Waals surface area contributed by atoms with Crippen molar-refractivity contribution in [3.05, 3.63) is 47.2 Å². The fourth-order valence-electron chi connectivity index (χ4n) is 2.78. The lowest BCUT2D eigenvalue weighted by atomic mass is 10.2. The number of carbonyl (C=O) groups is 1. The van der Waals surface area contributed by atoms with Crippen LogP contribution in [-0.4, -0.2) is 48.0 Å². The molecule has 1 aliphatic rings. The molecule has 128 valence electrons. The highest BCUT2D eigenvalue weighted by molar-refractivity contribution is 7.13. The summed E-state index contributed by atoms with van der Waals surface area (Å²) in [6.07, 6.45) is 1.82. The van der Waals surface area contributed by atoms with Crippen LogP contribution in [0.25, 0.3) is 0 Å². The van der Waals surface area contributed by atoms with Crippen molar-refractivity contribution in [1.82, 2.24) is 15.2 Å². The maximum Gasteiger partial charge on any atom is 0.237 e. The van der Waals surface area contributed by atoms with Gasteiger partial charge in [-0.25, -0.2) is 9.37 Å². The normalized spacial score (nSPS) is 16.8. The largest absolute Gasteiger partial charge is 0.351 e. The number of hydrogen-bond donors (Lipinski definition) is 1.